The number of halogens is 1. The first-order valence-electron chi connectivity index (χ1n) is 12.8. The van der Waals surface area contributed by atoms with Gasteiger partial charge in [0.25, 0.3) is 0 Å². The third kappa shape index (κ3) is 9.09. The number of ether oxygens (including phenoxy) is 1. The molecule has 8 nitrogen and oxygen atoms in total. The maximum atomic E-state index is 14.1. The van der Waals surface area contributed by atoms with E-state index in [9.17, 15) is 18.0 Å². The normalized spacial score (nSPS) is 12.3. The number of nitrogens with one attached hydrogen (secondary N) is 1. The molecule has 40 heavy (non-hydrogen) atoms. The molecule has 0 saturated heterocycles. The Labute approximate surface area is 245 Å². The lowest BCUT2D eigenvalue weighted by molar-refractivity contribution is -0.140. The molecule has 0 saturated carbocycles. The Morgan fingerprint density at radius 1 is 0.950 bits per heavy atom. The topological polar surface area (TPSA) is 96.0 Å². The summed E-state index contributed by atoms with van der Waals surface area (Å²) in [5.74, 6) is -0.237. The van der Waals surface area contributed by atoms with Crippen LogP contribution in [0.1, 0.15) is 31.9 Å². The van der Waals surface area contributed by atoms with Gasteiger partial charge >= 0.3 is 0 Å². The summed E-state index contributed by atoms with van der Waals surface area (Å²) in [5, 5.41) is 3.01. The first kappa shape index (κ1) is 31.2. The van der Waals surface area contributed by atoms with Gasteiger partial charge in [0, 0.05) is 23.0 Å². The van der Waals surface area contributed by atoms with Crippen molar-refractivity contribution in [1.29, 1.82) is 0 Å². The Kier molecular flexibility index (Phi) is 10.4. The molecular weight excluding hydrogens is 594 g/mol. The highest BCUT2D eigenvalue weighted by Crippen LogP contribution is 2.23. The first-order chi connectivity index (χ1) is 18.8. The SMILES string of the molecule is COc1cccc(CN(C(=O)CN(c2ccc(Br)cc2)S(C)(=O)=O)C(Cc2ccccc2)C(=O)NC(C)(C)C)c1. The minimum Gasteiger partial charge on any atom is -0.497 e. The second-order valence-electron chi connectivity index (χ2n) is 10.6. The molecule has 1 N–H and O–H groups in total. The Balaban J connectivity index is 2.08. The Morgan fingerprint density at radius 2 is 1.57 bits per heavy atom. The number of benzene rings is 3. The number of carbonyl (C=O) groups is 2. The molecule has 3 aromatic rings. The first-order valence-corrected chi connectivity index (χ1v) is 15.4. The van der Waals surface area contributed by atoms with Gasteiger partial charge in [-0.1, -0.05) is 58.4 Å². The number of hydrogen-bond donors (Lipinski definition) is 1. The molecule has 1 atom stereocenters. The van der Waals surface area contributed by atoms with Gasteiger partial charge in [-0.15, -0.1) is 0 Å². The van der Waals surface area contributed by atoms with Crippen LogP contribution in [0.4, 0.5) is 5.69 Å². The predicted octanol–water partition coefficient (Wildman–Crippen LogP) is 4.78. The van der Waals surface area contributed by atoms with Crippen molar-refractivity contribution in [3.63, 3.8) is 0 Å². The van der Waals surface area contributed by atoms with Gasteiger partial charge in [0.05, 0.1) is 19.1 Å². The predicted molar refractivity (Wildman–Crippen MR) is 162 cm³/mol. The van der Waals surface area contributed by atoms with Crippen molar-refractivity contribution in [2.24, 2.45) is 0 Å². The smallest absolute Gasteiger partial charge is 0.244 e. The number of anilines is 1. The van der Waals surface area contributed by atoms with Crippen LogP contribution < -0.4 is 14.4 Å². The van der Waals surface area contributed by atoms with Gasteiger partial charge in [-0.2, -0.15) is 0 Å². The van der Waals surface area contributed by atoms with Gasteiger partial charge < -0.3 is 15.0 Å². The minimum absolute atomic E-state index is 0.0725. The zero-order chi connectivity index (χ0) is 29.5. The van der Waals surface area contributed by atoms with Crippen molar-refractivity contribution in [2.45, 2.75) is 45.3 Å². The van der Waals surface area contributed by atoms with Crippen LogP contribution in [0.15, 0.2) is 83.3 Å². The summed E-state index contributed by atoms with van der Waals surface area (Å²) in [4.78, 5) is 29.3. The van der Waals surface area contributed by atoms with Crippen LogP contribution in [-0.4, -0.2) is 56.6 Å². The van der Waals surface area contributed by atoms with E-state index >= 15 is 0 Å². The zero-order valence-corrected chi connectivity index (χ0v) is 25.8. The lowest BCUT2D eigenvalue weighted by Gasteiger charge is -2.35. The fourth-order valence-corrected chi connectivity index (χ4v) is 5.31. The minimum atomic E-state index is -3.83. The largest absolute Gasteiger partial charge is 0.497 e. The van der Waals surface area contributed by atoms with E-state index in [4.69, 9.17) is 4.74 Å². The molecule has 3 aromatic carbocycles. The van der Waals surface area contributed by atoms with Gasteiger partial charge in [0.2, 0.25) is 21.8 Å². The molecule has 0 aromatic heterocycles. The van der Waals surface area contributed by atoms with E-state index in [0.717, 1.165) is 26.2 Å². The van der Waals surface area contributed by atoms with E-state index in [1.165, 1.54) is 4.90 Å². The highest BCUT2D eigenvalue weighted by atomic mass is 79.9. The number of methoxy groups -OCH3 is 1. The molecule has 0 aliphatic carbocycles. The summed E-state index contributed by atoms with van der Waals surface area (Å²) in [7, 11) is -2.27. The van der Waals surface area contributed by atoms with E-state index < -0.39 is 34.1 Å². The molecule has 0 radical (unpaired) electrons. The summed E-state index contributed by atoms with van der Waals surface area (Å²) >= 11 is 3.36. The molecule has 214 valence electrons. The average molecular weight is 631 g/mol. The molecule has 3 rings (SSSR count). The van der Waals surface area contributed by atoms with Crippen LogP contribution in [-0.2, 0) is 32.6 Å². The fraction of sp³-hybridized carbons (Fsp3) is 0.333. The van der Waals surface area contributed by atoms with E-state index in [2.05, 4.69) is 21.2 Å². The maximum absolute atomic E-state index is 14.1. The van der Waals surface area contributed by atoms with E-state index in [1.807, 2.05) is 63.2 Å². The van der Waals surface area contributed by atoms with Crippen molar-refractivity contribution in [3.8, 4) is 5.75 Å². The van der Waals surface area contributed by atoms with Gasteiger partial charge in [-0.05, 0) is 68.3 Å². The quantitative estimate of drug-likeness (QED) is 0.329. The second-order valence-corrected chi connectivity index (χ2v) is 13.4. The number of nitrogens with zero attached hydrogens (tertiary/aromatic N) is 2. The van der Waals surface area contributed by atoms with Crippen molar-refractivity contribution in [2.75, 3.05) is 24.2 Å². The second kappa shape index (κ2) is 13.3. The molecule has 0 aliphatic heterocycles. The van der Waals surface area contributed by atoms with Gasteiger partial charge in [-0.25, -0.2) is 8.42 Å². The van der Waals surface area contributed by atoms with Gasteiger partial charge in [0.15, 0.2) is 0 Å². The standard InChI is InChI=1S/C30H36BrN3O5S/c1-30(2,3)32-29(36)27(19-22-10-7-6-8-11-22)33(20-23-12-9-13-26(18-23)39-4)28(35)21-34(40(5,37)38)25-16-14-24(31)15-17-25/h6-18,27H,19-21H2,1-5H3,(H,32,36). The van der Waals surface area contributed by atoms with Crippen LogP contribution >= 0.6 is 15.9 Å². The molecular formula is C30H36BrN3O5S. The van der Waals surface area contributed by atoms with Crippen molar-refractivity contribution in [3.05, 3.63) is 94.5 Å². The van der Waals surface area contributed by atoms with Crippen LogP contribution in [0.25, 0.3) is 0 Å². The number of amides is 2. The van der Waals surface area contributed by atoms with Crippen LogP contribution in [0.3, 0.4) is 0 Å². The molecule has 0 spiro atoms. The molecule has 0 aliphatic rings. The molecule has 1 unspecified atom stereocenters. The summed E-state index contributed by atoms with van der Waals surface area (Å²) in [6.45, 7) is 5.22. The average Bonchev–Trinajstić information content (AvgIpc) is 2.89. The highest BCUT2D eigenvalue weighted by molar-refractivity contribution is 9.10. The van der Waals surface area contributed by atoms with Crippen molar-refractivity contribution >= 4 is 43.5 Å². The lowest BCUT2D eigenvalue weighted by atomic mass is 10.0. The summed E-state index contributed by atoms with van der Waals surface area (Å²) in [6.07, 6.45) is 1.30. The summed E-state index contributed by atoms with van der Waals surface area (Å²) in [5.41, 5.74) is 1.41. The van der Waals surface area contributed by atoms with E-state index in [0.29, 0.717) is 11.4 Å². The van der Waals surface area contributed by atoms with Crippen molar-refractivity contribution < 1.29 is 22.7 Å². The van der Waals surface area contributed by atoms with Gasteiger partial charge in [0.1, 0.15) is 18.3 Å². The number of carbonyl (C=O) groups excluding carboxylic acids is 2. The summed E-state index contributed by atoms with van der Waals surface area (Å²) < 4.78 is 32.9. The third-order valence-corrected chi connectivity index (χ3v) is 7.72. The molecule has 0 heterocycles. The number of rotatable bonds is 11. The third-order valence-electron chi connectivity index (χ3n) is 6.05. The van der Waals surface area contributed by atoms with E-state index in [-0.39, 0.29) is 18.9 Å². The summed E-state index contributed by atoms with van der Waals surface area (Å²) in [6, 6.07) is 22.4. The van der Waals surface area contributed by atoms with Crippen LogP contribution in [0.5, 0.6) is 5.75 Å². The lowest BCUT2D eigenvalue weighted by Crippen LogP contribution is -2.56. The zero-order valence-electron chi connectivity index (χ0n) is 23.4. The highest BCUT2D eigenvalue weighted by Gasteiger charge is 2.34. The van der Waals surface area contributed by atoms with Crippen molar-refractivity contribution in [1.82, 2.24) is 10.2 Å². The Morgan fingerprint density at radius 3 is 2.15 bits per heavy atom. The number of hydrogen-bond acceptors (Lipinski definition) is 5. The fourth-order valence-electron chi connectivity index (χ4n) is 4.20. The van der Waals surface area contributed by atoms with Crippen LogP contribution in [0.2, 0.25) is 0 Å². The molecule has 0 fully saturated rings. The Hall–Kier alpha value is -3.37. The monoisotopic (exact) mass is 629 g/mol. The van der Waals surface area contributed by atoms with Crippen LogP contribution in [0, 0.1) is 0 Å². The molecule has 10 heteroatoms. The number of sulfonamides is 1. The maximum Gasteiger partial charge on any atom is 0.244 e. The molecule has 2 amide bonds. The molecule has 0 bridgehead atoms. The van der Waals surface area contributed by atoms with E-state index in [1.54, 1.807) is 43.5 Å². The van der Waals surface area contributed by atoms with Gasteiger partial charge in [-0.3, -0.25) is 13.9 Å². The Bertz CT molecular complexity index is 1410.